The number of aliphatic hydroxyl groups excluding tert-OH is 1. The molecule has 1 fully saturated rings. The molecule has 1 saturated heterocycles. The molecule has 76 valence electrons. The number of rotatable bonds is 2. The van der Waals surface area contributed by atoms with Crippen molar-refractivity contribution in [2.24, 2.45) is 0 Å². The highest BCUT2D eigenvalue weighted by atomic mass is 16.3. The molecule has 1 N–H and O–H groups in total. The number of piperazine rings is 1. The first-order valence-corrected chi connectivity index (χ1v) is 3.92. The van der Waals surface area contributed by atoms with Crippen LogP contribution in [0.3, 0.4) is 0 Å². The van der Waals surface area contributed by atoms with Gasteiger partial charge >= 0.3 is 0 Å². The van der Waals surface area contributed by atoms with Crippen molar-refractivity contribution in [3.8, 4) is 0 Å². The molecule has 0 aromatic carbocycles. The van der Waals surface area contributed by atoms with Crippen molar-refractivity contribution < 1.29 is 5.11 Å². The van der Waals surface area contributed by atoms with E-state index in [1.807, 2.05) is 0 Å². The molecular formula is C9H24N2O. The van der Waals surface area contributed by atoms with E-state index < -0.39 is 0 Å². The number of hydrogen-bond acceptors (Lipinski definition) is 3. The Balaban J connectivity index is 0. The van der Waals surface area contributed by atoms with E-state index in [0.29, 0.717) is 0 Å². The Bertz CT molecular complexity index is 78.5. The second-order valence-electron chi connectivity index (χ2n) is 2.69. The van der Waals surface area contributed by atoms with Crippen LogP contribution in [0.4, 0.5) is 0 Å². The van der Waals surface area contributed by atoms with Crippen molar-refractivity contribution in [2.75, 3.05) is 39.5 Å². The topological polar surface area (TPSA) is 26.7 Å². The van der Waals surface area contributed by atoms with Gasteiger partial charge in [0.15, 0.2) is 0 Å². The zero-order chi connectivity index (χ0) is 7.40. The van der Waals surface area contributed by atoms with E-state index in [2.05, 4.69) is 16.7 Å². The second kappa shape index (κ2) is 7.53. The molecule has 0 aliphatic carbocycles. The minimum Gasteiger partial charge on any atom is -0.381 e. The lowest BCUT2D eigenvalue weighted by atomic mass is 10.3. The molecule has 12 heavy (non-hydrogen) atoms. The molecule has 0 atom stereocenters. The Labute approximate surface area is 77.0 Å². The highest BCUT2D eigenvalue weighted by molar-refractivity contribution is 4.67. The Kier molecular flexibility index (Phi) is 9.03. The summed E-state index contributed by atoms with van der Waals surface area (Å²) < 4.78 is 0. The Hall–Kier alpha value is -0.120. The Morgan fingerprint density at radius 2 is 1.42 bits per heavy atom. The minimum absolute atomic E-state index is 0. The lowest BCUT2D eigenvalue weighted by molar-refractivity contribution is 0.0563. The van der Waals surface area contributed by atoms with Crippen molar-refractivity contribution in [2.45, 2.75) is 21.8 Å². The lowest BCUT2D eigenvalue weighted by Gasteiger charge is -2.32. The van der Waals surface area contributed by atoms with Gasteiger partial charge in [-0.15, -0.1) is 0 Å². The predicted octanol–water partition coefficient (Wildman–Crippen LogP) is 0.846. The van der Waals surface area contributed by atoms with Gasteiger partial charge in [-0.05, 0) is 6.54 Å². The van der Waals surface area contributed by atoms with Gasteiger partial charge < -0.3 is 10.0 Å². The molecule has 0 bridgehead atoms. The Morgan fingerprint density at radius 1 is 1.00 bits per heavy atom. The molecular weight excluding hydrogens is 152 g/mol. The fourth-order valence-electron chi connectivity index (χ4n) is 1.25. The molecule has 0 spiro atoms. The summed E-state index contributed by atoms with van der Waals surface area (Å²) in [5.41, 5.74) is 0. The fraction of sp³-hybridized carbons (Fsp3) is 1.00. The van der Waals surface area contributed by atoms with Gasteiger partial charge in [0.05, 0.1) is 6.73 Å². The van der Waals surface area contributed by atoms with E-state index in [4.69, 9.17) is 5.11 Å². The predicted molar refractivity (Wildman–Crippen MR) is 54.2 cm³/mol. The van der Waals surface area contributed by atoms with E-state index in [0.717, 1.165) is 32.7 Å². The number of aliphatic hydroxyl groups is 1. The first-order chi connectivity index (χ1) is 4.86. The summed E-state index contributed by atoms with van der Waals surface area (Å²) in [6.07, 6.45) is 0. The van der Waals surface area contributed by atoms with Gasteiger partial charge in [0.25, 0.3) is 0 Å². The summed E-state index contributed by atoms with van der Waals surface area (Å²) in [6.45, 7) is 7.79. The smallest absolute Gasteiger partial charge is 0.0957 e. The third-order valence-electron chi connectivity index (χ3n) is 2.11. The first kappa shape index (κ1) is 14.4. The van der Waals surface area contributed by atoms with Crippen LogP contribution in [0.25, 0.3) is 0 Å². The van der Waals surface area contributed by atoms with E-state index in [1.165, 1.54) is 0 Å². The summed E-state index contributed by atoms with van der Waals surface area (Å²) >= 11 is 0. The molecule has 0 amide bonds. The normalized spacial score (nSPS) is 19.5. The molecule has 1 aliphatic heterocycles. The van der Waals surface area contributed by atoms with Crippen LogP contribution < -0.4 is 0 Å². The highest BCUT2D eigenvalue weighted by Gasteiger charge is 2.13. The van der Waals surface area contributed by atoms with E-state index in [1.54, 1.807) is 0 Å². The quantitative estimate of drug-likeness (QED) is 0.675. The standard InChI is InChI=1S/C7H16N2O.2CH4/c1-2-8-3-5-9(7-10)6-4-8;;/h10H,2-7H2,1H3;2*1H4. The van der Waals surface area contributed by atoms with Gasteiger partial charge in [-0.3, -0.25) is 4.90 Å². The number of hydrogen-bond donors (Lipinski definition) is 1. The van der Waals surface area contributed by atoms with Crippen LogP contribution in [0.5, 0.6) is 0 Å². The Morgan fingerprint density at radius 3 is 1.75 bits per heavy atom. The average Bonchev–Trinajstić information content (AvgIpc) is 2.05. The van der Waals surface area contributed by atoms with E-state index in [-0.39, 0.29) is 21.6 Å². The zero-order valence-corrected chi connectivity index (χ0v) is 6.58. The van der Waals surface area contributed by atoms with Crippen molar-refractivity contribution in [3.63, 3.8) is 0 Å². The molecule has 3 nitrogen and oxygen atoms in total. The third kappa shape index (κ3) is 4.04. The van der Waals surface area contributed by atoms with Gasteiger partial charge in [-0.25, -0.2) is 0 Å². The molecule has 1 heterocycles. The first-order valence-electron chi connectivity index (χ1n) is 3.92. The molecule has 3 heteroatoms. The van der Waals surface area contributed by atoms with Gasteiger partial charge in [0.2, 0.25) is 0 Å². The molecule has 1 rings (SSSR count). The van der Waals surface area contributed by atoms with Gasteiger partial charge in [0.1, 0.15) is 0 Å². The van der Waals surface area contributed by atoms with Crippen molar-refractivity contribution in [3.05, 3.63) is 0 Å². The summed E-state index contributed by atoms with van der Waals surface area (Å²) in [5, 5.41) is 8.76. The van der Waals surface area contributed by atoms with Gasteiger partial charge in [-0.1, -0.05) is 21.8 Å². The SMILES string of the molecule is C.C.CCN1CCN(CO)CC1. The van der Waals surface area contributed by atoms with Crippen LogP contribution in [-0.2, 0) is 0 Å². The van der Waals surface area contributed by atoms with Crippen molar-refractivity contribution >= 4 is 0 Å². The molecule has 1 aliphatic rings. The molecule has 0 aromatic heterocycles. The maximum atomic E-state index is 8.76. The summed E-state index contributed by atoms with van der Waals surface area (Å²) in [4.78, 5) is 4.46. The summed E-state index contributed by atoms with van der Waals surface area (Å²) in [6, 6.07) is 0. The maximum absolute atomic E-state index is 8.76. The maximum Gasteiger partial charge on any atom is 0.0957 e. The van der Waals surface area contributed by atoms with Crippen LogP contribution >= 0.6 is 0 Å². The highest BCUT2D eigenvalue weighted by Crippen LogP contribution is 1.98. The largest absolute Gasteiger partial charge is 0.381 e. The minimum atomic E-state index is 0. The second-order valence-corrected chi connectivity index (χ2v) is 2.69. The van der Waals surface area contributed by atoms with Crippen molar-refractivity contribution in [1.82, 2.24) is 9.80 Å². The van der Waals surface area contributed by atoms with Crippen LogP contribution in [0.1, 0.15) is 21.8 Å². The zero-order valence-electron chi connectivity index (χ0n) is 6.58. The lowest BCUT2D eigenvalue weighted by Crippen LogP contribution is -2.46. The number of nitrogens with zero attached hydrogens (tertiary/aromatic N) is 2. The third-order valence-corrected chi connectivity index (χ3v) is 2.11. The molecule has 0 unspecified atom stereocenters. The molecule has 0 radical (unpaired) electrons. The van der Waals surface area contributed by atoms with E-state index in [9.17, 15) is 0 Å². The van der Waals surface area contributed by atoms with Crippen molar-refractivity contribution in [1.29, 1.82) is 0 Å². The molecule has 0 aromatic rings. The average molecular weight is 176 g/mol. The fourth-order valence-corrected chi connectivity index (χ4v) is 1.25. The van der Waals surface area contributed by atoms with Crippen LogP contribution in [0.15, 0.2) is 0 Å². The van der Waals surface area contributed by atoms with Crippen LogP contribution in [0.2, 0.25) is 0 Å². The van der Waals surface area contributed by atoms with Gasteiger partial charge in [0, 0.05) is 26.2 Å². The number of likely N-dealkylation sites (N-methyl/N-ethyl adjacent to an activating group) is 1. The summed E-state index contributed by atoms with van der Waals surface area (Å²) in [5.74, 6) is 0. The van der Waals surface area contributed by atoms with Crippen LogP contribution in [-0.4, -0.2) is 54.4 Å². The monoisotopic (exact) mass is 176 g/mol. The van der Waals surface area contributed by atoms with E-state index >= 15 is 0 Å². The van der Waals surface area contributed by atoms with Gasteiger partial charge in [-0.2, -0.15) is 0 Å². The molecule has 0 saturated carbocycles. The summed E-state index contributed by atoms with van der Waals surface area (Å²) in [7, 11) is 0. The van der Waals surface area contributed by atoms with Crippen LogP contribution in [0, 0.1) is 0 Å².